The first kappa shape index (κ1) is 79.0. The standard InChI is InChI=1S/Li.2Nb.5Se.H/q+1;;;;;;;;-1. The molecule has 0 aliphatic rings. The van der Waals surface area contributed by atoms with Crippen LogP contribution in [0.1, 0.15) is 1.43 Å². The Morgan fingerprint density at radius 1 is 0.500 bits per heavy atom. The van der Waals surface area contributed by atoms with Crippen LogP contribution in [0.25, 0.3) is 0 Å². The molecule has 0 unspecified atom stereocenters. The van der Waals surface area contributed by atoms with Gasteiger partial charge in [-0.05, 0) is 0 Å². The molecule has 12 radical (unpaired) electrons. The zero-order valence-corrected chi connectivity index (χ0v) is 16.9. The monoisotopic (exact) mass is 593 g/mol. The van der Waals surface area contributed by atoms with Crippen molar-refractivity contribution in [1.82, 2.24) is 0 Å². The largest absolute Gasteiger partial charge is 1.00 e. The Kier molecular flexibility index (Phi) is 601. The summed E-state index contributed by atoms with van der Waals surface area (Å²) in [4.78, 5) is 0. The second-order valence-corrected chi connectivity index (χ2v) is 0. The van der Waals surface area contributed by atoms with E-state index in [1.807, 2.05) is 0 Å². The Morgan fingerprint density at radius 3 is 0.500 bits per heavy atom. The third kappa shape index (κ3) is 45.7. The van der Waals surface area contributed by atoms with Gasteiger partial charge in [0.25, 0.3) is 0 Å². The van der Waals surface area contributed by atoms with Crippen LogP contribution in [0.15, 0.2) is 0 Å². The molecule has 8 heteroatoms. The van der Waals surface area contributed by atoms with Gasteiger partial charge in [-0.25, -0.2) is 0 Å². The Morgan fingerprint density at radius 2 is 0.500 bits per heavy atom. The predicted octanol–water partition coefficient (Wildman–Crippen LogP) is -4.79. The van der Waals surface area contributed by atoms with Crippen LogP contribution in [0.5, 0.6) is 0 Å². The number of hydrogen-bond donors (Lipinski definition) is 0. The Balaban J connectivity index is 0. The second-order valence-electron chi connectivity index (χ2n) is 0. The van der Waals surface area contributed by atoms with Crippen molar-refractivity contribution in [2.75, 3.05) is 0 Å². The molecule has 0 fully saturated rings. The second kappa shape index (κ2) is 60.9. The molecule has 0 aromatic heterocycles. The fourth-order valence-electron chi connectivity index (χ4n) is 0. The molecule has 0 bridgehead atoms. The van der Waals surface area contributed by atoms with Crippen LogP contribution in [-0.4, -0.2) is 85.3 Å². The maximum Gasteiger partial charge on any atom is 1.00 e. The summed E-state index contributed by atoms with van der Waals surface area (Å²) in [5.74, 6) is 0. The van der Waals surface area contributed by atoms with E-state index < -0.39 is 0 Å². The zero-order valence-electron chi connectivity index (χ0n) is 4.94. The van der Waals surface area contributed by atoms with Crippen molar-refractivity contribution < 1.29 is 65.0 Å². The van der Waals surface area contributed by atoms with Crippen molar-refractivity contribution in [2.45, 2.75) is 0 Å². The van der Waals surface area contributed by atoms with Crippen LogP contribution < -0.4 is 18.9 Å². The molecule has 0 atom stereocenters. The molecule has 0 saturated carbocycles. The molecule has 0 rings (SSSR count). The molecule has 0 saturated heterocycles. The maximum absolute atomic E-state index is 0. The van der Waals surface area contributed by atoms with Gasteiger partial charge in [0, 0.05) is 130 Å². The van der Waals surface area contributed by atoms with Gasteiger partial charge in [-0.15, -0.1) is 0 Å². The minimum Gasteiger partial charge on any atom is -1.00 e. The molecule has 0 N–H and O–H groups in total. The van der Waals surface area contributed by atoms with Crippen molar-refractivity contribution in [1.29, 1.82) is 0 Å². The third-order valence-electron chi connectivity index (χ3n) is 0. The predicted molar refractivity (Wildman–Crippen MR) is 29.9 cm³/mol. The maximum atomic E-state index is 0. The number of rotatable bonds is 0. The smallest absolute Gasteiger partial charge is 1.00 e. The Bertz CT molecular complexity index is 14.9. The minimum atomic E-state index is 0. The minimum absolute atomic E-state index is 0. The van der Waals surface area contributed by atoms with E-state index in [-0.39, 0.29) is 150 Å². The summed E-state index contributed by atoms with van der Waals surface area (Å²) in [6, 6.07) is 0. The average Bonchev–Trinajstić information content (AvgIpc) is 0. The van der Waals surface area contributed by atoms with Crippen LogP contribution in [0.2, 0.25) is 0 Å². The van der Waals surface area contributed by atoms with Gasteiger partial charge in [0.1, 0.15) is 0 Å². The van der Waals surface area contributed by atoms with Crippen molar-refractivity contribution >= 4 is 85.3 Å². The van der Waals surface area contributed by atoms with Gasteiger partial charge in [-0.2, -0.15) is 0 Å². The van der Waals surface area contributed by atoms with E-state index in [4.69, 9.17) is 0 Å². The topological polar surface area (TPSA) is 0 Å². The van der Waals surface area contributed by atoms with Gasteiger partial charge in [0.15, 0.2) is 0 Å². The zero-order chi connectivity index (χ0) is 0. The normalized spacial score (nSPS) is 0. The molecule has 42 valence electrons. The molecule has 0 aliphatic heterocycles. The molecule has 0 heterocycles. The van der Waals surface area contributed by atoms with E-state index in [9.17, 15) is 0 Å². The van der Waals surface area contributed by atoms with E-state index in [1.165, 1.54) is 0 Å². The third-order valence-corrected chi connectivity index (χ3v) is 0. The molecule has 0 aromatic rings. The fourth-order valence-corrected chi connectivity index (χ4v) is 0. The van der Waals surface area contributed by atoms with Crippen molar-refractivity contribution in [3.05, 3.63) is 0 Å². The molecule has 0 aliphatic carbocycles. The molecule has 0 spiro atoms. The van der Waals surface area contributed by atoms with Crippen LogP contribution >= 0.6 is 0 Å². The molecule has 0 nitrogen and oxygen atoms in total. The van der Waals surface area contributed by atoms with Crippen molar-refractivity contribution in [2.24, 2.45) is 0 Å². The van der Waals surface area contributed by atoms with Crippen molar-refractivity contribution in [3.8, 4) is 0 Å². The summed E-state index contributed by atoms with van der Waals surface area (Å²) in [5, 5.41) is 0. The van der Waals surface area contributed by atoms with E-state index >= 15 is 0 Å². The van der Waals surface area contributed by atoms with Crippen LogP contribution in [0.4, 0.5) is 0 Å². The van der Waals surface area contributed by atoms with Crippen LogP contribution in [0.3, 0.4) is 0 Å². The van der Waals surface area contributed by atoms with Crippen molar-refractivity contribution in [3.63, 3.8) is 0 Å². The summed E-state index contributed by atoms with van der Waals surface area (Å²) in [6.07, 6.45) is 0. The fraction of sp³-hybridized carbons (Fsp3) is 0. The molecule has 0 amide bonds. The van der Waals surface area contributed by atoms with E-state index in [0.29, 0.717) is 0 Å². The first-order valence-electron chi connectivity index (χ1n) is 0. The summed E-state index contributed by atoms with van der Waals surface area (Å²) < 4.78 is 0. The van der Waals surface area contributed by atoms with Gasteiger partial charge in [-0.3, -0.25) is 0 Å². The summed E-state index contributed by atoms with van der Waals surface area (Å²) >= 11 is 0. The Labute approximate surface area is 147 Å². The van der Waals surface area contributed by atoms with E-state index in [1.54, 1.807) is 0 Å². The summed E-state index contributed by atoms with van der Waals surface area (Å²) in [5.41, 5.74) is 0. The molecular formula is HLiNb2Se5. The Hall–Kier alpha value is 4.68. The van der Waals surface area contributed by atoms with E-state index in [0.717, 1.165) is 0 Å². The van der Waals surface area contributed by atoms with Gasteiger partial charge >= 0.3 is 18.9 Å². The van der Waals surface area contributed by atoms with Gasteiger partial charge < -0.3 is 1.43 Å². The van der Waals surface area contributed by atoms with Crippen LogP contribution in [0, 0.1) is 0 Å². The summed E-state index contributed by atoms with van der Waals surface area (Å²) in [7, 11) is 0. The first-order valence-corrected chi connectivity index (χ1v) is 0. The quantitative estimate of drug-likeness (QED) is 0.250. The van der Waals surface area contributed by atoms with Crippen LogP contribution in [-0.2, 0) is 44.8 Å². The van der Waals surface area contributed by atoms with Gasteiger partial charge in [0.05, 0.1) is 0 Å². The SMILES string of the molecule is [H-].[Li+].[Nb].[Nb].[Se].[Se].[Se].[Se].[Se]. The number of hydrogen-bond acceptors (Lipinski definition) is 0. The van der Waals surface area contributed by atoms with E-state index in [2.05, 4.69) is 0 Å². The molecule has 8 heavy (non-hydrogen) atoms. The van der Waals surface area contributed by atoms with Gasteiger partial charge in [0.2, 0.25) is 0 Å². The average molecular weight is 589 g/mol. The molecular weight excluding hydrogens is 588 g/mol. The first-order chi connectivity index (χ1) is 0. The van der Waals surface area contributed by atoms with Gasteiger partial charge in [-0.1, -0.05) is 0 Å². The molecule has 0 aromatic carbocycles. The summed E-state index contributed by atoms with van der Waals surface area (Å²) in [6.45, 7) is 0.